The lowest BCUT2D eigenvalue weighted by Crippen LogP contribution is -2.45. The highest BCUT2D eigenvalue weighted by Crippen LogP contribution is 2.64. The Morgan fingerprint density at radius 2 is 1.85 bits per heavy atom. The number of piperidine rings is 1. The van der Waals surface area contributed by atoms with Crippen molar-refractivity contribution in [2.75, 3.05) is 25.2 Å². The number of ether oxygens (including phenoxy) is 2. The first kappa shape index (κ1) is 17.7. The molecule has 2 aliphatic heterocycles. The van der Waals surface area contributed by atoms with Crippen molar-refractivity contribution < 1.29 is 19.1 Å². The van der Waals surface area contributed by atoms with E-state index < -0.39 is 9.75 Å². The first-order chi connectivity index (χ1) is 12.3. The fourth-order valence-electron chi connectivity index (χ4n) is 3.54. The number of halogens is 2. The Bertz CT molecular complexity index is 762. The number of likely N-dealkylation sites (tertiary alicyclic amines) is 1. The number of hydrogen-bond donors (Lipinski definition) is 1. The number of nitrogens with zero attached hydrogens (tertiary/aromatic N) is 1. The smallest absolute Gasteiger partial charge is 0.231 e. The molecular weight excluding hydrogens is 379 g/mol. The lowest BCUT2D eigenvalue weighted by atomic mass is 9.94. The minimum absolute atomic E-state index is 0.0165. The van der Waals surface area contributed by atoms with Gasteiger partial charge >= 0.3 is 0 Å². The SMILES string of the molecule is CC1(C(=O)N2CCC(C(=O)Nc3ccc4c(c3)OCO4)CC2)CC1(Cl)Cl. The van der Waals surface area contributed by atoms with E-state index in [0.717, 1.165) is 0 Å². The van der Waals surface area contributed by atoms with Crippen LogP contribution in [0.25, 0.3) is 0 Å². The summed E-state index contributed by atoms with van der Waals surface area (Å²) in [5.41, 5.74) is -0.0187. The van der Waals surface area contributed by atoms with E-state index >= 15 is 0 Å². The van der Waals surface area contributed by atoms with Crippen molar-refractivity contribution in [3.8, 4) is 11.5 Å². The van der Waals surface area contributed by atoms with E-state index in [1.165, 1.54) is 0 Å². The zero-order valence-electron chi connectivity index (χ0n) is 14.4. The lowest BCUT2D eigenvalue weighted by Gasteiger charge is -2.33. The molecule has 1 aliphatic carbocycles. The second-order valence-corrected chi connectivity index (χ2v) is 8.82. The third-order valence-corrected chi connectivity index (χ3v) is 6.62. The van der Waals surface area contributed by atoms with E-state index in [4.69, 9.17) is 32.7 Å². The molecule has 0 aromatic heterocycles. The van der Waals surface area contributed by atoms with Gasteiger partial charge < -0.3 is 19.7 Å². The molecule has 2 fully saturated rings. The van der Waals surface area contributed by atoms with E-state index in [1.807, 2.05) is 0 Å². The first-order valence-electron chi connectivity index (χ1n) is 8.68. The molecule has 0 radical (unpaired) electrons. The first-order valence-corrected chi connectivity index (χ1v) is 9.43. The van der Waals surface area contributed by atoms with Crippen LogP contribution >= 0.6 is 23.2 Å². The van der Waals surface area contributed by atoms with Gasteiger partial charge in [0.2, 0.25) is 18.6 Å². The van der Waals surface area contributed by atoms with Crippen LogP contribution in [0, 0.1) is 11.3 Å². The zero-order chi connectivity index (χ0) is 18.5. The summed E-state index contributed by atoms with van der Waals surface area (Å²) in [5.74, 6) is 1.12. The molecule has 8 heteroatoms. The third-order valence-electron chi connectivity index (χ3n) is 5.52. The second kappa shape index (κ2) is 6.20. The number of anilines is 1. The minimum Gasteiger partial charge on any atom is -0.454 e. The van der Waals surface area contributed by atoms with Gasteiger partial charge in [0.25, 0.3) is 0 Å². The van der Waals surface area contributed by atoms with Gasteiger partial charge in [0.05, 0.1) is 5.41 Å². The molecule has 4 rings (SSSR count). The summed E-state index contributed by atoms with van der Waals surface area (Å²) in [6.45, 7) is 3.08. The van der Waals surface area contributed by atoms with Gasteiger partial charge in [0.15, 0.2) is 11.5 Å². The number of nitrogens with one attached hydrogen (secondary N) is 1. The second-order valence-electron chi connectivity index (χ2n) is 7.34. The summed E-state index contributed by atoms with van der Waals surface area (Å²) in [6, 6.07) is 5.33. The number of fused-ring (bicyclic) bond motifs is 1. The monoisotopic (exact) mass is 398 g/mol. The van der Waals surface area contributed by atoms with E-state index in [9.17, 15) is 9.59 Å². The average molecular weight is 399 g/mol. The van der Waals surface area contributed by atoms with Crippen molar-refractivity contribution in [3.63, 3.8) is 0 Å². The van der Waals surface area contributed by atoms with Crippen LogP contribution in [0.2, 0.25) is 0 Å². The average Bonchev–Trinajstić information content (AvgIpc) is 2.96. The molecule has 0 bridgehead atoms. The normalized spacial score (nSPS) is 26.5. The molecule has 1 atom stereocenters. The summed E-state index contributed by atoms with van der Waals surface area (Å²) in [6.07, 6.45) is 1.72. The Hall–Kier alpha value is -1.66. The number of carbonyl (C=O) groups excluding carboxylic acids is 2. The highest BCUT2D eigenvalue weighted by atomic mass is 35.5. The Labute approximate surface area is 161 Å². The van der Waals surface area contributed by atoms with Crippen LogP contribution < -0.4 is 14.8 Å². The molecule has 2 amide bonds. The zero-order valence-corrected chi connectivity index (χ0v) is 15.9. The minimum atomic E-state index is -0.961. The van der Waals surface area contributed by atoms with E-state index in [-0.39, 0.29) is 24.5 Å². The third kappa shape index (κ3) is 2.99. The number of hydrogen-bond acceptors (Lipinski definition) is 4. The number of alkyl halides is 2. The van der Waals surface area contributed by atoms with Crippen molar-refractivity contribution in [2.24, 2.45) is 11.3 Å². The molecule has 1 saturated heterocycles. The van der Waals surface area contributed by atoms with Crippen LogP contribution in [0.3, 0.4) is 0 Å². The molecule has 26 heavy (non-hydrogen) atoms. The van der Waals surface area contributed by atoms with E-state index in [1.54, 1.807) is 30.0 Å². The van der Waals surface area contributed by atoms with Crippen molar-refractivity contribution in [3.05, 3.63) is 18.2 Å². The van der Waals surface area contributed by atoms with Crippen molar-refractivity contribution in [1.29, 1.82) is 0 Å². The fraction of sp³-hybridized carbons (Fsp3) is 0.556. The summed E-state index contributed by atoms with van der Waals surface area (Å²) in [7, 11) is 0. The van der Waals surface area contributed by atoms with E-state index in [2.05, 4.69) is 5.32 Å². The molecule has 6 nitrogen and oxygen atoms in total. The van der Waals surface area contributed by atoms with Crippen molar-refractivity contribution in [1.82, 2.24) is 4.90 Å². The van der Waals surface area contributed by atoms with Crippen molar-refractivity contribution in [2.45, 2.75) is 30.5 Å². The van der Waals surface area contributed by atoms with Gasteiger partial charge in [-0.2, -0.15) is 0 Å². The summed E-state index contributed by atoms with van der Waals surface area (Å²) >= 11 is 12.2. The van der Waals surface area contributed by atoms with Crippen LogP contribution in [-0.4, -0.2) is 40.9 Å². The standard InChI is InChI=1S/C18H20Cl2N2O4/c1-17(9-18(17,19)20)16(24)22-6-4-11(5-7-22)15(23)21-12-2-3-13-14(8-12)26-10-25-13/h2-3,8,11H,4-7,9-10H2,1H3,(H,21,23). The molecule has 140 valence electrons. The highest BCUT2D eigenvalue weighted by Gasteiger charge is 2.68. The number of carbonyl (C=O) groups is 2. The Morgan fingerprint density at radius 1 is 1.19 bits per heavy atom. The van der Waals surface area contributed by atoms with Crippen LogP contribution in [0.5, 0.6) is 11.5 Å². The molecule has 1 unspecified atom stereocenters. The molecule has 1 N–H and O–H groups in total. The van der Waals surface area contributed by atoms with Crippen LogP contribution in [0.1, 0.15) is 26.2 Å². The molecule has 3 aliphatic rings. The maximum Gasteiger partial charge on any atom is 0.231 e. The number of benzene rings is 1. The molecule has 0 spiro atoms. The van der Waals surface area contributed by atoms with Gasteiger partial charge in [0.1, 0.15) is 4.33 Å². The molecule has 2 heterocycles. The largest absolute Gasteiger partial charge is 0.454 e. The molecule has 1 saturated carbocycles. The van der Waals surface area contributed by atoms with Gasteiger partial charge in [-0.15, -0.1) is 23.2 Å². The quantitative estimate of drug-likeness (QED) is 0.793. The predicted octanol–water partition coefficient (Wildman–Crippen LogP) is 3.18. The summed E-state index contributed by atoms with van der Waals surface area (Å²) in [5, 5.41) is 2.92. The Morgan fingerprint density at radius 3 is 2.50 bits per heavy atom. The Balaban J connectivity index is 1.32. The van der Waals surface area contributed by atoms with Gasteiger partial charge in [-0.1, -0.05) is 0 Å². The summed E-state index contributed by atoms with van der Waals surface area (Å²) < 4.78 is 9.63. The number of rotatable bonds is 3. The maximum atomic E-state index is 12.6. The van der Waals surface area contributed by atoms with Gasteiger partial charge in [-0.3, -0.25) is 9.59 Å². The van der Waals surface area contributed by atoms with Crippen molar-refractivity contribution >= 4 is 40.7 Å². The highest BCUT2D eigenvalue weighted by molar-refractivity contribution is 6.53. The molecular formula is C18H20Cl2N2O4. The van der Waals surface area contributed by atoms with Gasteiger partial charge in [-0.05, 0) is 38.3 Å². The van der Waals surface area contributed by atoms with Crippen LogP contribution in [0.4, 0.5) is 5.69 Å². The molecule has 1 aromatic carbocycles. The molecule has 1 aromatic rings. The fourth-order valence-corrected chi connectivity index (χ4v) is 4.24. The number of amides is 2. The van der Waals surface area contributed by atoms with Crippen LogP contribution in [0.15, 0.2) is 18.2 Å². The lowest BCUT2D eigenvalue weighted by molar-refractivity contribution is -0.139. The van der Waals surface area contributed by atoms with Crippen LogP contribution in [-0.2, 0) is 9.59 Å². The Kier molecular flexibility index (Phi) is 4.23. The maximum absolute atomic E-state index is 12.6. The van der Waals surface area contributed by atoms with Gasteiger partial charge in [-0.25, -0.2) is 0 Å². The topological polar surface area (TPSA) is 67.9 Å². The van der Waals surface area contributed by atoms with Gasteiger partial charge in [0, 0.05) is 30.8 Å². The predicted molar refractivity (Wildman–Crippen MR) is 97.7 cm³/mol. The summed E-state index contributed by atoms with van der Waals surface area (Å²) in [4.78, 5) is 26.9. The van der Waals surface area contributed by atoms with E-state index in [0.29, 0.717) is 49.5 Å².